The summed E-state index contributed by atoms with van der Waals surface area (Å²) in [5.41, 5.74) is -0.243. The van der Waals surface area contributed by atoms with Gasteiger partial charge in [0.1, 0.15) is 5.92 Å². The molecule has 2 aromatic rings. The van der Waals surface area contributed by atoms with Crippen molar-refractivity contribution in [3.05, 3.63) is 54.1 Å². The van der Waals surface area contributed by atoms with Crippen LogP contribution < -0.4 is 0 Å². The Labute approximate surface area is 153 Å². The van der Waals surface area contributed by atoms with Crippen LogP contribution in [-0.2, 0) is 11.2 Å². The number of thiophene rings is 1. The lowest BCUT2D eigenvalue weighted by Crippen LogP contribution is -2.29. The fraction of sp³-hybridized carbons (Fsp3) is 0.267. The number of hydrogen-bond donors (Lipinski definition) is 0. The van der Waals surface area contributed by atoms with Gasteiger partial charge in [-0.1, -0.05) is 23.2 Å². The first kappa shape index (κ1) is 18.8. The minimum atomic E-state index is -4.71. The van der Waals surface area contributed by atoms with E-state index in [2.05, 4.69) is 15.9 Å². The van der Waals surface area contributed by atoms with E-state index in [4.69, 9.17) is 23.2 Å². The van der Waals surface area contributed by atoms with Crippen molar-refractivity contribution < 1.29 is 18.0 Å². The van der Waals surface area contributed by atoms with Crippen molar-refractivity contribution in [2.75, 3.05) is 0 Å². The summed E-state index contributed by atoms with van der Waals surface area (Å²) in [7, 11) is 0. The van der Waals surface area contributed by atoms with Gasteiger partial charge >= 0.3 is 6.18 Å². The summed E-state index contributed by atoms with van der Waals surface area (Å²) in [6.45, 7) is 1.82. The van der Waals surface area contributed by atoms with E-state index in [0.29, 0.717) is 4.88 Å². The molecule has 0 fully saturated rings. The number of aryl methyl sites for hydroxylation is 1. The predicted octanol–water partition coefficient (Wildman–Crippen LogP) is 6.58. The summed E-state index contributed by atoms with van der Waals surface area (Å²) in [5, 5.41) is 0.119. The molecule has 2 rings (SSSR count). The highest BCUT2D eigenvalue weighted by atomic mass is 79.9. The van der Waals surface area contributed by atoms with Crippen LogP contribution in [0.1, 0.15) is 21.2 Å². The van der Waals surface area contributed by atoms with Crippen LogP contribution in [0, 0.1) is 6.92 Å². The number of benzene rings is 1. The van der Waals surface area contributed by atoms with Crippen molar-refractivity contribution in [1.82, 2.24) is 0 Å². The van der Waals surface area contributed by atoms with E-state index < -0.39 is 17.9 Å². The van der Waals surface area contributed by atoms with Crippen molar-refractivity contribution in [2.45, 2.75) is 25.4 Å². The Morgan fingerprint density at radius 1 is 1.22 bits per heavy atom. The van der Waals surface area contributed by atoms with Gasteiger partial charge in [-0.05, 0) is 52.7 Å². The minimum absolute atomic E-state index is 0.0595. The van der Waals surface area contributed by atoms with Gasteiger partial charge in [-0.3, -0.25) is 4.79 Å². The van der Waals surface area contributed by atoms with E-state index in [-0.39, 0.29) is 22.0 Å². The molecule has 1 unspecified atom stereocenters. The smallest absolute Gasteiger partial charge is 0.298 e. The number of rotatable bonds is 4. The van der Waals surface area contributed by atoms with Gasteiger partial charge in [-0.15, -0.1) is 11.3 Å². The average molecular weight is 446 g/mol. The van der Waals surface area contributed by atoms with E-state index in [1.165, 1.54) is 17.4 Å². The maximum atomic E-state index is 13.4. The summed E-state index contributed by atoms with van der Waals surface area (Å²) < 4.78 is 41.0. The fourth-order valence-corrected chi connectivity index (χ4v) is 4.33. The molecule has 0 spiro atoms. The first-order chi connectivity index (χ1) is 10.6. The largest absolute Gasteiger partial charge is 0.402 e. The number of ketones is 1. The molecular formula is C15H10BrCl2F3OS. The summed E-state index contributed by atoms with van der Waals surface area (Å²) in [5.74, 6) is -3.19. The zero-order chi connectivity index (χ0) is 17.4. The molecule has 1 aromatic carbocycles. The van der Waals surface area contributed by atoms with Crippen LogP contribution in [0.5, 0.6) is 0 Å². The SMILES string of the molecule is Cc1sc(CC(=O)C(c2cc(Cl)cc(Cl)c2)C(F)(F)F)cc1Br. The normalized spacial score (nSPS) is 13.2. The topological polar surface area (TPSA) is 17.1 Å². The van der Waals surface area contributed by atoms with Crippen LogP contribution in [0.3, 0.4) is 0 Å². The molecule has 0 saturated carbocycles. The third-order valence-corrected chi connectivity index (χ3v) is 5.70. The number of alkyl halides is 3. The Hall–Kier alpha value is -0.560. The molecule has 1 atom stereocenters. The molecule has 0 bridgehead atoms. The lowest BCUT2D eigenvalue weighted by atomic mass is 9.92. The fourth-order valence-electron chi connectivity index (χ4n) is 2.18. The van der Waals surface area contributed by atoms with E-state index >= 15 is 0 Å². The number of hydrogen-bond acceptors (Lipinski definition) is 2. The number of halogens is 6. The van der Waals surface area contributed by atoms with Crippen molar-refractivity contribution in [3.63, 3.8) is 0 Å². The van der Waals surface area contributed by atoms with Crippen LogP contribution in [0.25, 0.3) is 0 Å². The van der Waals surface area contributed by atoms with Crippen molar-refractivity contribution in [1.29, 1.82) is 0 Å². The summed E-state index contributed by atoms with van der Waals surface area (Å²) in [6, 6.07) is 5.23. The number of Topliss-reactive ketones (excluding diaryl/α,β-unsaturated/α-hetero) is 1. The highest BCUT2D eigenvalue weighted by molar-refractivity contribution is 9.10. The Bertz CT molecular complexity index is 703. The lowest BCUT2D eigenvalue weighted by molar-refractivity contribution is -0.163. The molecule has 0 aliphatic carbocycles. The number of carbonyl (C=O) groups is 1. The van der Waals surface area contributed by atoms with Crippen molar-refractivity contribution in [3.8, 4) is 0 Å². The second-order valence-corrected chi connectivity index (χ2v) is 8.01. The van der Waals surface area contributed by atoms with Crippen LogP contribution in [-0.4, -0.2) is 12.0 Å². The van der Waals surface area contributed by atoms with Crippen LogP contribution in [0.15, 0.2) is 28.7 Å². The highest BCUT2D eigenvalue weighted by Crippen LogP contribution is 2.39. The maximum Gasteiger partial charge on any atom is 0.402 e. The van der Waals surface area contributed by atoms with Gasteiger partial charge in [-0.25, -0.2) is 0 Å². The molecule has 23 heavy (non-hydrogen) atoms. The average Bonchev–Trinajstić information content (AvgIpc) is 2.64. The predicted molar refractivity (Wildman–Crippen MR) is 90.7 cm³/mol. The molecule has 8 heteroatoms. The quantitative estimate of drug-likeness (QED) is 0.519. The Balaban J connectivity index is 2.36. The van der Waals surface area contributed by atoms with Gasteiger partial charge in [0.2, 0.25) is 0 Å². The van der Waals surface area contributed by atoms with Gasteiger partial charge < -0.3 is 0 Å². The van der Waals surface area contributed by atoms with Crippen molar-refractivity contribution in [2.24, 2.45) is 0 Å². The van der Waals surface area contributed by atoms with Crippen molar-refractivity contribution >= 4 is 56.3 Å². The first-order valence-electron chi connectivity index (χ1n) is 6.38. The number of carbonyl (C=O) groups excluding carboxylic acids is 1. The first-order valence-corrected chi connectivity index (χ1v) is 8.74. The molecule has 0 aliphatic heterocycles. The molecule has 1 heterocycles. The van der Waals surface area contributed by atoms with Gasteiger partial charge in [0.15, 0.2) is 5.78 Å². The molecule has 1 nitrogen and oxygen atoms in total. The molecule has 1 aromatic heterocycles. The van der Waals surface area contributed by atoms with E-state index in [9.17, 15) is 18.0 Å². The van der Waals surface area contributed by atoms with Gasteiger partial charge in [-0.2, -0.15) is 13.2 Å². The molecular weight excluding hydrogens is 436 g/mol. The zero-order valence-electron chi connectivity index (χ0n) is 11.7. The lowest BCUT2D eigenvalue weighted by Gasteiger charge is -2.20. The van der Waals surface area contributed by atoms with Gasteiger partial charge in [0, 0.05) is 30.7 Å². The molecule has 0 saturated heterocycles. The van der Waals surface area contributed by atoms with Crippen LogP contribution >= 0.6 is 50.5 Å². The monoisotopic (exact) mass is 444 g/mol. The zero-order valence-corrected chi connectivity index (χ0v) is 15.6. The maximum absolute atomic E-state index is 13.4. The Morgan fingerprint density at radius 3 is 2.22 bits per heavy atom. The van der Waals surface area contributed by atoms with Gasteiger partial charge in [0.05, 0.1) is 0 Å². The molecule has 0 N–H and O–H groups in total. The summed E-state index contributed by atoms with van der Waals surface area (Å²) in [6.07, 6.45) is -5.01. The van der Waals surface area contributed by atoms with Crippen LogP contribution in [0.4, 0.5) is 13.2 Å². The van der Waals surface area contributed by atoms with E-state index in [0.717, 1.165) is 21.5 Å². The Kier molecular flexibility index (Phi) is 5.82. The summed E-state index contributed by atoms with van der Waals surface area (Å²) in [4.78, 5) is 13.8. The molecule has 0 amide bonds. The van der Waals surface area contributed by atoms with Gasteiger partial charge in [0.25, 0.3) is 0 Å². The highest BCUT2D eigenvalue weighted by Gasteiger charge is 2.45. The standard InChI is InChI=1S/C15H10BrCl2F3OS/c1-7-12(16)5-11(23-7)6-13(22)14(15(19,20)21)8-2-9(17)4-10(18)3-8/h2-5,14H,6H2,1H3. The molecule has 0 radical (unpaired) electrons. The second kappa shape index (κ2) is 7.13. The Morgan fingerprint density at radius 2 is 1.78 bits per heavy atom. The molecule has 0 aliphatic rings. The second-order valence-electron chi connectivity index (χ2n) is 4.94. The molecule has 124 valence electrons. The third kappa shape index (κ3) is 4.72. The minimum Gasteiger partial charge on any atom is -0.298 e. The van der Waals surface area contributed by atoms with E-state index in [1.807, 2.05) is 6.92 Å². The summed E-state index contributed by atoms with van der Waals surface area (Å²) >= 11 is 16.1. The van der Waals surface area contributed by atoms with E-state index in [1.54, 1.807) is 6.07 Å². The van der Waals surface area contributed by atoms with Crippen LogP contribution in [0.2, 0.25) is 10.0 Å². The third-order valence-electron chi connectivity index (χ3n) is 3.12.